The number of carbonyl (C=O) groups excluding carboxylic acids is 1. The van der Waals surface area contributed by atoms with Crippen molar-refractivity contribution in [3.63, 3.8) is 0 Å². The van der Waals surface area contributed by atoms with Gasteiger partial charge in [-0.2, -0.15) is 13.2 Å². The van der Waals surface area contributed by atoms with Gasteiger partial charge < -0.3 is 9.88 Å². The molecule has 0 saturated heterocycles. The molecular formula is C16H10F5N5O. The van der Waals surface area contributed by atoms with E-state index in [2.05, 4.69) is 20.3 Å². The van der Waals surface area contributed by atoms with Crippen molar-refractivity contribution in [3.05, 3.63) is 65.6 Å². The number of imidazole rings is 1. The van der Waals surface area contributed by atoms with E-state index in [1.54, 1.807) is 0 Å². The van der Waals surface area contributed by atoms with E-state index in [-0.39, 0.29) is 17.3 Å². The lowest BCUT2D eigenvalue weighted by atomic mass is 10.2. The Morgan fingerprint density at radius 3 is 2.30 bits per heavy atom. The van der Waals surface area contributed by atoms with Crippen molar-refractivity contribution in [2.75, 3.05) is 5.32 Å². The highest BCUT2D eigenvalue weighted by Gasteiger charge is 2.34. The molecule has 0 radical (unpaired) electrons. The van der Waals surface area contributed by atoms with Gasteiger partial charge in [0.2, 0.25) is 0 Å². The molecule has 0 unspecified atom stereocenters. The van der Waals surface area contributed by atoms with Gasteiger partial charge in [0.05, 0.1) is 24.3 Å². The second kappa shape index (κ2) is 6.74. The van der Waals surface area contributed by atoms with Gasteiger partial charge in [0.15, 0.2) is 17.3 Å². The van der Waals surface area contributed by atoms with Gasteiger partial charge in [-0.15, -0.1) is 0 Å². The Labute approximate surface area is 148 Å². The van der Waals surface area contributed by atoms with Crippen LogP contribution in [0.1, 0.15) is 21.9 Å². The number of nitrogens with zero attached hydrogens (tertiary/aromatic N) is 4. The average molecular weight is 383 g/mol. The smallest absolute Gasteiger partial charge is 0.306 e. The summed E-state index contributed by atoms with van der Waals surface area (Å²) >= 11 is 0. The highest BCUT2D eigenvalue weighted by Crippen LogP contribution is 2.29. The normalized spacial score (nSPS) is 11.5. The molecule has 0 atom stereocenters. The van der Waals surface area contributed by atoms with Gasteiger partial charge in [0.1, 0.15) is 17.2 Å². The van der Waals surface area contributed by atoms with Crippen LogP contribution < -0.4 is 5.32 Å². The zero-order valence-electron chi connectivity index (χ0n) is 13.6. The fraction of sp³-hybridized carbons (Fsp3) is 0.125. The third kappa shape index (κ3) is 3.76. The van der Waals surface area contributed by atoms with Crippen LogP contribution in [0.4, 0.5) is 27.8 Å². The lowest BCUT2D eigenvalue weighted by Crippen LogP contribution is -2.17. The van der Waals surface area contributed by atoms with E-state index >= 15 is 0 Å². The molecule has 1 amide bonds. The molecule has 6 nitrogen and oxygen atoms in total. The second-order valence-electron chi connectivity index (χ2n) is 5.38. The standard InChI is InChI=1S/C16H10F5N5O/c1-8-24-12(16(19,20)21)7-26(8)9-2-3-13(23-4-9)25-15(27)14-10(17)5-22-6-11(14)18/h2-7H,1H3,(H,23,25,27). The molecule has 27 heavy (non-hydrogen) atoms. The van der Waals surface area contributed by atoms with Crippen molar-refractivity contribution in [3.8, 4) is 5.69 Å². The summed E-state index contributed by atoms with van der Waals surface area (Å²) in [6, 6.07) is 2.65. The van der Waals surface area contributed by atoms with E-state index in [4.69, 9.17) is 0 Å². The number of halogens is 5. The topological polar surface area (TPSA) is 72.7 Å². The number of amides is 1. The molecule has 3 heterocycles. The third-order valence-corrected chi connectivity index (χ3v) is 3.52. The average Bonchev–Trinajstić information content (AvgIpc) is 2.97. The van der Waals surface area contributed by atoms with Crippen LogP contribution in [0.3, 0.4) is 0 Å². The maximum atomic E-state index is 13.5. The van der Waals surface area contributed by atoms with E-state index in [0.29, 0.717) is 12.4 Å². The number of hydrogen-bond donors (Lipinski definition) is 1. The van der Waals surface area contributed by atoms with Crippen LogP contribution in [0.15, 0.2) is 36.9 Å². The van der Waals surface area contributed by atoms with Crippen LogP contribution in [0.5, 0.6) is 0 Å². The molecule has 3 rings (SSSR count). The zero-order valence-corrected chi connectivity index (χ0v) is 13.6. The van der Waals surface area contributed by atoms with Crippen molar-refractivity contribution >= 4 is 11.7 Å². The summed E-state index contributed by atoms with van der Waals surface area (Å²) in [5, 5.41) is 2.20. The number of hydrogen-bond acceptors (Lipinski definition) is 4. The Kier molecular flexibility index (Phi) is 4.60. The van der Waals surface area contributed by atoms with Crippen LogP contribution >= 0.6 is 0 Å². The molecule has 0 aliphatic rings. The summed E-state index contributed by atoms with van der Waals surface area (Å²) < 4.78 is 66.4. The van der Waals surface area contributed by atoms with E-state index in [1.807, 2.05) is 0 Å². The highest BCUT2D eigenvalue weighted by molar-refractivity contribution is 6.04. The predicted molar refractivity (Wildman–Crippen MR) is 83.2 cm³/mol. The lowest BCUT2D eigenvalue weighted by molar-refractivity contribution is -0.141. The number of nitrogens with one attached hydrogen (secondary N) is 1. The van der Waals surface area contributed by atoms with Crippen molar-refractivity contribution in [1.82, 2.24) is 19.5 Å². The first kappa shape index (κ1) is 18.4. The molecule has 0 aliphatic heterocycles. The number of carbonyl (C=O) groups is 1. The molecule has 1 N–H and O–H groups in total. The molecule has 3 aromatic rings. The number of pyridine rings is 2. The predicted octanol–water partition coefficient (Wildman–Crippen LogP) is 3.52. The van der Waals surface area contributed by atoms with Crippen molar-refractivity contribution in [1.29, 1.82) is 0 Å². The number of rotatable bonds is 3. The van der Waals surface area contributed by atoms with Crippen LogP contribution in [0.25, 0.3) is 5.69 Å². The van der Waals surface area contributed by atoms with Gasteiger partial charge in [-0.3, -0.25) is 9.78 Å². The van der Waals surface area contributed by atoms with Crippen LogP contribution in [0.2, 0.25) is 0 Å². The molecule has 0 aromatic carbocycles. The summed E-state index contributed by atoms with van der Waals surface area (Å²) in [4.78, 5) is 22.6. The van der Waals surface area contributed by atoms with Gasteiger partial charge >= 0.3 is 6.18 Å². The van der Waals surface area contributed by atoms with E-state index in [1.165, 1.54) is 29.8 Å². The molecule has 0 fully saturated rings. The first-order chi connectivity index (χ1) is 12.7. The summed E-state index contributed by atoms with van der Waals surface area (Å²) in [6.07, 6.45) is -1.21. The number of aromatic nitrogens is 4. The van der Waals surface area contributed by atoms with Crippen LogP contribution in [-0.4, -0.2) is 25.4 Å². The third-order valence-electron chi connectivity index (χ3n) is 3.52. The molecule has 140 valence electrons. The summed E-state index contributed by atoms with van der Waals surface area (Å²) in [5.74, 6) is -3.32. The van der Waals surface area contributed by atoms with E-state index < -0.39 is 35.0 Å². The molecule has 0 saturated carbocycles. The Bertz CT molecular complexity index is 977. The van der Waals surface area contributed by atoms with Gasteiger partial charge in [-0.05, 0) is 19.1 Å². The van der Waals surface area contributed by atoms with Gasteiger partial charge in [-0.25, -0.2) is 18.7 Å². The van der Waals surface area contributed by atoms with Gasteiger partial charge in [-0.1, -0.05) is 0 Å². The Morgan fingerprint density at radius 2 is 1.78 bits per heavy atom. The summed E-state index contributed by atoms with van der Waals surface area (Å²) in [7, 11) is 0. The zero-order chi connectivity index (χ0) is 19.8. The maximum Gasteiger partial charge on any atom is 0.434 e. The molecule has 0 bridgehead atoms. The fourth-order valence-electron chi connectivity index (χ4n) is 2.28. The molecular weight excluding hydrogens is 373 g/mol. The molecule has 3 aromatic heterocycles. The van der Waals surface area contributed by atoms with Crippen LogP contribution in [0, 0.1) is 18.6 Å². The molecule has 11 heteroatoms. The van der Waals surface area contributed by atoms with E-state index in [9.17, 15) is 26.7 Å². The SMILES string of the molecule is Cc1nc(C(F)(F)F)cn1-c1ccc(NC(=O)c2c(F)cncc2F)nc1. The van der Waals surface area contributed by atoms with Crippen LogP contribution in [-0.2, 0) is 6.18 Å². The highest BCUT2D eigenvalue weighted by atomic mass is 19.4. The second-order valence-corrected chi connectivity index (χ2v) is 5.38. The van der Waals surface area contributed by atoms with Gasteiger partial charge in [0.25, 0.3) is 5.91 Å². The number of anilines is 1. The first-order valence-corrected chi connectivity index (χ1v) is 7.37. The van der Waals surface area contributed by atoms with Crippen molar-refractivity contribution in [2.24, 2.45) is 0 Å². The minimum Gasteiger partial charge on any atom is -0.306 e. The Morgan fingerprint density at radius 1 is 1.11 bits per heavy atom. The minimum absolute atomic E-state index is 0.0480. The van der Waals surface area contributed by atoms with Gasteiger partial charge in [0, 0.05) is 6.20 Å². The van der Waals surface area contributed by atoms with E-state index in [0.717, 1.165) is 6.20 Å². The van der Waals surface area contributed by atoms with Crippen molar-refractivity contribution in [2.45, 2.75) is 13.1 Å². The minimum atomic E-state index is -4.59. The summed E-state index contributed by atoms with van der Waals surface area (Å²) in [5.41, 5.74) is -1.62. The quantitative estimate of drug-likeness (QED) is 0.703. The molecule has 0 spiro atoms. The monoisotopic (exact) mass is 383 g/mol. The lowest BCUT2D eigenvalue weighted by Gasteiger charge is -2.08. The number of aryl methyl sites for hydroxylation is 1. The summed E-state index contributed by atoms with van der Waals surface area (Å²) in [6.45, 7) is 1.39. The Hall–Kier alpha value is -3.37. The van der Waals surface area contributed by atoms with Crippen molar-refractivity contribution < 1.29 is 26.7 Å². The maximum absolute atomic E-state index is 13.5. The largest absolute Gasteiger partial charge is 0.434 e. The fourth-order valence-corrected chi connectivity index (χ4v) is 2.28. The molecule has 0 aliphatic carbocycles. The number of alkyl halides is 3. The Balaban J connectivity index is 1.82. The first-order valence-electron chi connectivity index (χ1n) is 7.37.